The van der Waals surface area contributed by atoms with E-state index in [1.807, 2.05) is 6.92 Å². The highest BCUT2D eigenvalue weighted by Gasteiger charge is 2.28. The van der Waals surface area contributed by atoms with Gasteiger partial charge in [0, 0.05) is 11.7 Å². The summed E-state index contributed by atoms with van der Waals surface area (Å²) >= 11 is 0. The number of carbonyl (C=O) groups excluding carboxylic acids is 1. The maximum atomic E-state index is 12.1. The van der Waals surface area contributed by atoms with Crippen molar-refractivity contribution in [3.8, 4) is 0 Å². The third kappa shape index (κ3) is 3.78. The maximum absolute atomic E-state index is 12.1. The molecule has 7 heteroatoms. The normalized spacial score (nSPS) is 16.7. The first-order valence-electron chi connectivity index (χ1n) is 6.61. The summed E-state index contributed by atoms with van der Waals surface area (Å²) in [4.78, 5) is 11.8. The molecule has 0 aliphatic heterocycles. The fraction of sp³-hybridized carbons (Fsp3) is 0.462. The summed E-state index contributed by atoms with van der Waals surface area (Å²) in [6, 6.07) is 5.61. The first kappa shape index (κ1) is 15.0. The highest BCUT2D eigenvalue weighted by molar-refractivity contribution is 7.89. The summed E-state index contributed by atoms with van der Waals surface area (Å²) in [5.41, 5.74) is 6.05. The van der Waals surface area contributed by atoms with Crippen LogP contribution < -0.4 is 15.8 Å². The summed E-state index contributed by atoms with van der Waals surface area (Å²) in [7, 11) is -3.51. The molecule has 0 saturated heterocycles. The van der Waals surface area contributed by atoms with E-state index in [4.69, 9.17) is 5.73 Å². The third-order valence-electron chi connectivity index (χ3n) is 3.09. The van der Waals surface area contributed by atoms with Crippen LogP contribution in [0.2, 0.25) is 0 Å². The molecule has 6 nitrogen and oxygen atoms in total. The number of hydrogen-bond acceptors (Lipinski definition) is 4. The molecule has 110 valence electrons. The standard InChI is InChI=1S/C13H19N3O3S/c1-2-12(14)13(17)15-10-4-3-5-11(8-10)20(18,19)16-9-6-7-9/h3-5,8-9,12,16H,2,6-7,14H2,1H3,(H,15,17)/t12-/m0/s1. The summed E-state index contributed by atoms with van der Waals surface area (Å²) in [5.74, 6) is -0.322. The van der Waals surface area contributed by atoms with Crippen molar-refractivity contribution in [3.05, 3.63) is 24.3 Å². The number of benzene rings is 1. The fourth-order valence-corrected chi connectivity index (χ4v) is 3.00. The van der Waals surface area contributed by atoms with Crippen molar-refractivity contribution in [3.63, 3.8) is 0 Å². The van der Waals surface area contributed by atoms with Crippen LogP contribution in [0.25, 0.3) is 0 Å². The Hall–Kier alpha value is -1.44. The second kappa shape index (κ2) is 5.90. The quantitative estimate of drug-likeness (QED) is 0.723. The van der Waals surface area contributed by atoms with Gasteiger partial charge in [0.05, 0.1) is 10.9 Å². The Morgan fingerprint density at radius 3 is 2.75 bits per heavy atom. The molecule has 1 aromatic rings. The van der Waals surface area contributed by atoms with Crippen molar-refractivity contribution >= 4 is 21.6 Å². The summed E-state index contributed by atoms with van der Waals surface area (Å²) in [6.07, 6.45) is 2.27. The lowest BCUT2D eigenvalue weighted by Crippen LogP contribution is -2.34. The fourth-order valence-electron chi connectivity index (χ4n) is 1.65. The van der Waals surface area contributed by atoms with Crippen LogP contribution in [0.15, 0.2) is 29.2 Å². The van der Waals surface area contributed by atoms with Crippen LogP contribution in [0.1, 0.15) is 26.2 Å². The van der Waals surface area contributed by atoms with E-state index in [1.54, 1.807) is 12.1 Å². The number of sulfonamides is 1. The van der Waals surface area contributed by atoms with E-state index in [0.717, 1.165) is 12.8 Å². The maximum Gasteiger partial charge on any atom is 0.241 e. The first-order chi connectivity index (χ1) is 9.42. The zero-order valence-electron chi connectivity index (χ0n) is 11.3. The van der Waals surface area contributed by atoms with E-state index < -0.39 is 16.1 Å². The van der Waals surface area contributed by atoms with E-state index in [2.05, 4.69) is 10.0 Å². The molecule has 1 atom stereocenters. The van der Waals surface area contributed by atoms with Gasteiger partial charge in [0.25, 0.3) is 0 Å². The largest absolute Gasteiger partial charge is 0.325 e. The van der Waals surface area contributed by atoms with E-state index >= 15 is 0 Å². The summed E-state index contributed by atoms with van der Waals surface area (Å²) in [5, 5.41) is 2.62. The second-order valence-electron chi connectivity index (χ2n) is 4.93. The first-order valence-corrected chi connectivity index (χ1v) is 8.09. The van der Waals surface area contributed by atoms with Gasteiger partial charge in [-0.2, -0.15) is 0 Å². The molecule has 0 bridgehead atoms. The Morgan fingerprint density at radius 1 is 1.45 bits per heavy atom. The molecular weight excluding hydrogens is 278 g/mol. The van der Waals surface area contributed by atoms with Crippen LogP contribution in [-0.2, 0) is 14.8 Å². The second-order valence-corrected chi connectivity index (χ2v) is 6.64. The Kier molecular flexibility index (Phi) is 4.42. The van der Waals surface area contributed by atoms with Gasteiger partial charge in [-0.3, -0.25) is 4.79 Å². The van der Waals surface area contributed by atoms with Crippen LogP contribution in [0.4, 0.5) is 5.69 Å². The minimum atomic E-state index is -3.51. The van der Waals surface area contributed by atoms with Gasteiger partial charge in [0.2, 0.25) is 15.9 Å². The van der Waals surface area contributed by atoms with Gasteiger partial charge in [-0.05, 0) is 37.5 Å². The van der Waals surface area contributed by atoms with Crippen molar-refractivity contribution in [2.45, 2.75) is 43.2 Å². The molecule has 0 radical (unpaired) electrons. The van der Waals surface area contributed by atoms with E-state index in [-0.39, 0.29) is 16.8 Å². The molecule has 20 heavy (non-hydrogen) atoms. The van der Waals surface area contributed by atoms with Crippen molar-refractivity contribution in [2.75, 3.05) is 5.32 Å². The van der Waals surface area contributed by atoms with Gasteiger partial charge in [0.15, 0.2) is 0 Å². The van der Waals surface area contributed by atoms with Gasteiger partial charge in [-0.1, -0.05) is 13.0 Å². The van der Waals surface area contributed by atoms with Crippen LogP contribution in [-0.4, -0.2) is 26.4 Å². The number of rotatable bonds is 6. The molecule has 0 unspecified atom stereocenters. The molecule has 4 N–H and O–H groups in total. The zero-order valence-corrected chi connectivity index (χ0v) is 12.1. The summed E-state index contributed by atoms with van der Waals surface area (Å²) < 4.78 is 26.7. The highest BCUT2D eigenvalue weighted by Crippen LogP contribution is 2.23. The lowest BCUT2D eigenvalue weighted by atomic mass is 10.2. The molecule has 0 heterocycles. The van der Waals surface area contributed by atoms with Gasteiger partial charge in [0.1, 0.15) is 0 Å². The van der Waals surface area contributed by atoms with E-state index in [1.165, 1.54) is 12.1 Å². The molecule has 1 aliphatic carbocycles. The van der Waals surface area contributed by atoms with E-state index in [0.29, 0.717) is 12.1 Å². The smallest absolute Gasteiger partial charge is 0.241 e. The monoisotopic (exact) mass is 297 g/mol. The number of amides is 1. The molecule has 1 amide bonds. The number of carbonyl (C=O) groups is 1. The average molecular weight is 297 g/mol. The molecular formula is C13H19N3O3S. The Balaban J connectivity index is 2.13. The number of anilines is 1. The van der Waals surface area contributed by atoms with Crippen LogP contribution in [0.5, 0.6) is 0 Å². The average Bonchev–Trinajstić information content (AvgIpc) is 3.21. The van der Waals surface area contributed by atoms with Crippen LogP contribution >= 0.6 is 0 Å². The number of nitrogens with two attached hydrogens (primary N) is 1. The van der Waals surface area contributed by atoms with Crippen molar-refractivity contribution in [1.29, 1.82) is 0 Å². The molecule has 1 aliphatic rings. The molecule has 0 spiro atoms. The number of nitrogens with one attached hydrogen (secondary N) is 2. The Labute approximate surface area is 118 Å². The minimum Gasteiger partial charge on any atom is -0.325 e. The zero-order chi connectivity index (χ0) is 14.8. The van der Waals surface area contributed by atoms with Gasteiger partial charge >= 0.3 is 0 Å². The minimum absolute atomic E-state index is 0.0479. The topological polar surface area (TPSA) is 101 Å². The molecule has 0 aromatic heterocycles. The highest BCUT2D eigenvalue weighted by atomic mass is 32.2. The summed E-state index contributed by atoms with van der Waals surface area (Å²) in [6.45, 7) is 1.81. The van der Waals surface area contributed by atoms with Gasteiger partial charge < -0.3 is 11.1 Å². The predicted octanol–water partition coefficient (Wildman–Crippen LogP) is 0.803. The molecule has 1 fully saturated rings. The SMILES string of the molecule is CC[C@H](N)C(=O)Nc1cccc(S(=O)(=O)NC2CC2)c1. The third-order valence-corrected chi connectivity index (χ3v) is 4.61. The molecule has 1 saturated carbocycles. The van der Waals surface area contributed by atoms with Crippen molar-refractivity contribution in [2.24, 2.45) is 5.73 Å². The lowest BCUT2D eigenvalue weighted by molar-refractivity contribution is -0.117. The van der Waals surface area contributed by atoms with Crippen molar-refractivity contribution in [1.82, 2.24) is 4.72 Å². The van der Waals surface area contributed by atoms with Gasteiger partial charge in [-0.25, -0.2) is 13.1 Å². The predicted molar refractivity (Wildman–Crippen MR) is 76.7 cm³/mol. The van der Waals surface area contributed by atoms with Gasteiger partial charge in [-0.15, -0.1) is 0 Å². The van der Waals surface area contributed by atoms with Crippen LogP contribution in [0.3, 0.4) is 0 Å². The van der Waals surface area contributed by atoms with Crippen LogP contribution in [0, 0.1) is 0 Å². The van der Waals surface area contributed by atoms with E-state index in [9.17, 15) is 13.2 Å². The number of hydrogen-bond donors (Lipinski definition) is 3. The Morgan fingerprint density at radius 2 is 2.15 bits per heavy atom. The molecule has 2 rings (SSSR count). The lowest BCUT2D eigenvalue weighted by Gasteiger charge is -2.11. The Bertz CT molecular complexity index is 597. The molecule has 1 aromatic carbocycles. The van der Waals surface area contributed by atoms with Crippen molar-refractivity contribution < 1.29 is 13.2 Å².